The van der Waals surface area contributed by atoms with Crippen molar-refractivity contribution in [3.8, 4) is 0 Å². The Labute approximate surface area is 198 Å². The Hall–Kier alpha value is -2.76. The molecule has 0 spiro atoms. The highest BCUT2D eigenvalue weighted by atomic mass is 16.3. The van der Waals surface area contributed by atoms with Gasteiger partial charge in [-0.05, 0) is 37.8 Å². The van der Waals surface area contributed by atoms with Crippen molar-refractivity contribution in [3.63, 3.8) is 0 Å². The second-order valence-electron chi connectivity index (χ2n) is 9.17. The van der Waals surface area contributed by atoms with E-state index in [2.05, 4.69) is 60.0 Å². The third kappa shape index (κ3) is 6.18. The second kappa shape index (κ2) is 10.9. The van der Waals surface area contributed by atoms with Gasteiger partial charge in [-0.25, -0.2) is 9.97 Å². The average Bonchev–Trinajstić information content (AvgIpc) is 2.81. The molecule has 1 aliphatic rings. The summed E-state index contributed by atoms with van der Waals surface area (Å²) in [6.07, 6.45) is 2.12. The molecule has 4 rings (SSSR count). The van der Waals surface area contributed by atoms with E-state index in [-0.39, 0.29) is 6.10 Å². The molecule has 1 fully saturated rings. The molecule has 3 aromatic rings. The van der Waals surface area contributed by atoms with Gasteiger partial charge in [0.15, 0.2) is 0 Å². The number of aliphatic hydroxyl groups excluding tert-OH is 1. The molecule has 0 radical (unpaired) electrons. The molecule has 0 amide bonds. The van der Waals surface area contributed by atoms with Gasteiger partial charge in [0.1, 0.15) is 11.6 Å². The minimum absolute atomic E-state index is 0.344. The summed E-state index contributed by atoms with van der Waals surface area (Å²) < 4.78 is 0. The molecule has 2 heterocycles. The van der Waals surface area contributed by atoms with Crippen LogP contribution in [0.15, 0.2) is 54.6 Å². The van der Waals surface area contributed by atoms with Gasteiger partial charge in [0.2, 0.25) is 0 Å². The van der Waals surface area contributed by atoms with Gasteiger partial charge >= 0.3 is 0 Å². The third-order valence-electron chi connectivity index (χ3n) is 6.44. The van der Waals surface area contributed by atoms with Crippen LogP contribution in [0, 0.1) is 13.8 Å². The molecule has 1 aliphatic heterocycles. The third-order valence-corrected chi connectivity index (χ3v) is 6.44. The molecule has 0 aliphatic carbocycles. The lowest BCUT2D eigenvalue weighted by atomic mass is 10.0. The fourth-order valence-electron chi connectivity index (χ4n) is 4.79. The summed E-state index contributed by atoms with van der Waals surface area (Å²) in [5, 5.41) is 10.6. The number of hydrogen-bond acceptors (Lipinski definition) is 5. The number of aryl methyl sites for hydroxylation is 3. The number of rotatable bonds is 8. The summed E-state index contributed by atoms with van der Waals surface area (Å²) >= 11 is 0. The number of piperazine rings is 1. The molecule has 5 heteroatoms. The number of aliphatic hydroxyl groups is 1. The molecule has 1 atom stereocenters. The van der Waals surface area contributed by atoms with Crippen LogP contribution in [0.5, 0.6) is 0 Å². The average molecular weight is 445 g/mol. The number of aromatic nitrogens is 2. The number of hydrogen-bond donors (Lipinski definition) is 1. The highest BCUT2D eigenvalue weighted by molar-refractivity contribution is 5.52. The largest absolute Gasteiger partial charge is 0.391 e. The Morgan fingerprint density at radius 2 is 1.64 bits per heavy atom. The zero-order valence-electron chi connectivity index (χ0n) is 20.2. The van der Waals surface area contributed by atoms with Gasteiger partial charge in [-0.1, -0.05) is 67.1 Å². The van der Waals surface area contributed by atoms with E-state index >= 15 is 0 Å². The van der Waals surface area contributed by atoms with Crippen molar-refractivity contribution in [3.05, 3.63) is 88.4 Å². The van der Waals surface area contributed by atoms with Gasteiger partial charge in [0.05, 0.1) is 6.10 Å². The zero-order valence-corrected chi connectivity index (χ0v) is 20.2. The summed E-state index contributed by atoms with van der Waals surface area (Å²) in [6.45, 7) is 10.7. The van der Waals surface area contributed by atoms with Gasteiger partial charge in [-0.15, -0.1) is 0 Å². The number of benzene rings is 2. The molecule has 1 aromatic heterocycles. The Morgan fingerprint density at radius 3 is 2.33 bits per heavy atom. The minimum Gasteiger partial charge on any atom is -0.391 e. The van der Waals surface area contributed by atoms with Gasteiger partial charge in [-0.3, -0.25) is 4.90 Å². The molecular formula is C28H36N4O. The summed E-state index contributed by atoms with van der Waals surface area (Å²) in [4.78, 5) is 14.5. The lowest BCUT2D eigenvalue weighted by molar-refractivity contribution is 0.109. The molecule has 0 bridgehead atoms. The van der Waals surface area contributed by atoms with Crippen LogP contribution in [-0.2, 0) is 19.3 Å². The Kier molecular flexibility index (Phi) is 7.73. The summed E-state index contributed by atoms with van der Waals surface area (Å²) in [7, 11) is 0. The standard InChI is InChI=1S/C28H36N4O/c1-4-27-26(19-24-12-8-9-21(2)17-24)28(30-22(3)29-27)32-15-13-31(14-16-32)20-25(33)18-23-10-6-5-7-11-23/h5-12,17,25,33H,4,13-16,18-20H2,1-3H3. The first-order valence-corrected chi connectivity index (χ1v) is 12.1. The first-order chi connectivity index (χ1) is 16.0. The van der Waals surface area contributed by atoms with Crippen molar-refractivity contribution < 1.29 is 5.11 Å². The second-order valence-corrected chi connectivity index (χ2v) is 9.17. The molecule has 33 heavy (non-hydrogen) atoms. The predicted molar refractivity (Wildman–Crippen MR) is 135 cm³/mol. The first kappa shape index (κ1) is 23.4. The van der Waals surface area contributed by atoms with E-state index in [1.165, 1.54) is 22.3 Å². The highest BCUT2D eigenvalue weighted by Gasteiger charge is 2.24. The summed E-state index contributed by atoms with van der Waals surface area (Å²) in [5.41, 5.74) is 6.18. The Bertz CT molecular complexity index is 1050. The fourth-order valence-corrected chi connectivity index (χ4v) is 4.79. The molecule has 174 valence electrons. The maximum atomic E-state index is 10.6. The maximum absolute atomic E-state index is 10.6. The Balaban J connectivity index is 1.44. The normalized spacial score (nSPS) is 15.6. The van der Waals surface area contributed by atoms with E-state index in [1.54, 1.807) is 0 Å². The number of anilines is 1. The fraction of sp³-hybridized carbons (Fsp3) is 0.429. The predicted octanol–water partition coefficient (Wildman–Crippen LogP) is 3.97. The van der Waals surface area contributed by atoms with E-state index in [0.717, 1.165) is 56.4 Å². The first-order valence-electron chi connectivity index (χ1n) is 12.1. The van der Waals surface area contributed by atoms with Crippen LogP contribution in [0.1, 0.15) is 40.7 Å². The van der Waals surface area contributed by atoms with Crippen molar-refractivity contribution in [2.45, 2.75) is 46.1 Å². The monoisotopic (exact) mass is 444 g/mol. The molecular weight excluding hydrogens is 408 g/mol. The van der Waals surface area contributed by atoms with Crippen molar-refractivity contribution >= 4 is 5.82 Å². The van der Waals surface area contributed by atoms with Crippen molar-refractivity contribution in [2.75, 3.05) is 37.6 Å². The van der Waals surface area contributed by atoms with Crippen LogP contribution in [0.3, 0.4) is 0 Å². The highest BCUT2D eigenvalue weighted by Crippen LogP contribution is 2.26. The summed E-state index contributed by atoms with van der Waals surface area (Å²) in [5.74, 6) is 1.93. The lowest BCUT2D eigenvalue weighted by Gasteiger charge is -2.37. The van der Waals surface area contributed by atoms with Gasteiger partial charge in [0.25, 0.3) is 0 Å². The van der Waals surface area contributed by atoms with Gasteiger partial charge < -0.3 is 10.0 Å². The van der Waals surface area contributed by atoms with Crippen LogP contribution in [0.25, 0.3) is 0 Å². The maximum Gasteiger partial charge on any atom is 0.136 e. The van der Waals surface area contributed by atoms with Crippen LogP contribution in [0.4, 0.5) is 5.82 Å². The van der Waals surface area contributed by atoms with Crippen LogP contribution in [0.2, 0.25) is 0 Å². The van der Waals surface area contributed by atoms with Crippen LogP contribution in [-0.4, -0.2) is 58.8 Å². The number of nitrogens with zero attached hydrogens (tertiary/aromatic N) is 4. The molecule has 5 nitrogen and oxygen atoms in total. The SMILES string of the molecule is CCc1nc(C)nc(N2CCN(CC(O)Cc3ccccc3)CC2)c1Cc1cccc(C)c1. The van der Waals surface area contributed by atoms with Crippen molar-refractivity contribution in [2.24, 2.45) is 0 Å². The van der Waals surface area contributed by atoms with E-state index in [4.69, 9.17) is 9.97 Å². The van der Waals surface area contributed by atoms with Crippen molar-refractivity contribution in [1.82, 2.24) is 14.9 Å². The number of β-amino-alcohol motifs (C(OH)–C–C–N with tert-alkyl or cyclic N) is 1. The van der Waals surface area contributed by atoms with Gasteiger partial charge in [0, 0.05) is 50.4 Å². The lowest BCUT2D eigenvalue weighted by Crippen LogP contribution is -2.49. The zero-order chi connectivity index (χ0) is 23.2. The topological polar surface area (TPSA) is 52.5 Å². The Morgan fingerprint density at radius 1 is 0.909 bits per heavy atom. The van der Waals surface area contributed by atoms with Crippen LogP contribution >= 0.6 is 0 Å². The van der Waals surface area contributed by atoms with Gasteiger partial charge in [-0.2, -0.15) is 0 Å². The van der Waals surface area contributed by atoms with Crippen molar-refractivity contribution in [1.29, 1.82) is 0 Å². The molecule has 0 saturated carbocycles. The van der Waals surface area contributed by atoms with E-state index in [0.29, 0.717) is 13.0 Å². The molecule has 2 aromatic carbocycles. The van der Waals surface area contributed by atoms with E-state index in [1.807, 2.05) is 25.1 Å². The van der Waals surface area contributed by atoms with E-state index in [9.17, 15) is 5.11 Å². The minimum atomic E-state index is -0.344. The smallest absolute Gasteiger partial charge is 0.136 e. The molecule has 1 N–H and O–H groups in total. The van der Waals surface area contributed by atoms with E-state index < -0.39 is 0 Å². The molecule has 1 saturated heterocycles. The quantitative estimate of drug-likeness (QED) is 0.570. The van der Waals surface area contributed by atoms with Crippen LogP contribution < -0.4 is 4.90 Å². The summed E-state index contributed by atoms with van der Waals surface area (Å²) in [6, 6.07) is 19.0. The molecule has 1 unspecified atom stereocenters.